The third kappa shape index (κ3) is 2.05. The number of rotatable bonds is 2. The van der Waals surface area contributed by atoms with Crippen LogP contribution in [0.1, 0.15) is 0 Å². The molecule has 20 heavy (non-hydrogen) atoms. The highest BCUT2D eigenvalue weighted by Crippen LogP contribution is 2.34. The molecular formula is C13H10F2N4S. The van der Waals surface area contributed by atoms with E-state index in [1.54, 1.807) is 13.1 Å². The lowest BCUT2D eigenvalue weighted by molar-refractivity contribution is 0.585. The zero-order valence-corrected chi connectivity index (χ0v) is 11.3. The molecule has 0 unspecified atom stereocenters. The highest BCUT2D eigenvalue weighted by Gasteiger charge is 2.15. The Balaban J connectivity index is 2.33. The summed E-state index contributed by atoms with van der Waals surface area (Å²) < 4.78 is 27.0. The number of nitrogens with two attached hydrogens (primary N) is 1. The van der Waals surface area contributed by atoms with Gasteiger partial charge in [0.15, 0.2) is 5.13 Å². The number of pyridine rings is 1. The van der Waals surface area contributed by atoms with Crippen LogP contribution in [0.25, 0.3) is 21.5 Å². The van der Waals surface area contributed by atoms with Crippen LogP contribution in [0, 0.1) is 11.6 Å². The molecule has 2 heterocycles. The van der Waals surface area contributed by atoms with E-state index in [4.69, 9.17) is 5.73 Å². The van der Waals surface area contributed by atoms with Gasteiger partial charge in [0, 0.05) is 24.2 Å². The lowest BCUT2D eigenvalue weighted by Gasteiger charge is -2.07. The second kappa shape index (κ2) is 4.68. The summed E-state index contributed by atoms with van der Waals surface area (Å²) in [7, 11) is 1.71. The molecule has 0 spiro atoms. The summed E-state index contributed by atoms with van der Waals surface area (Å²) in [4.78, 5) is 9.10. The molecule has 0 saturated carbocycles. The van der Waals surface area contributed by atoms with Crippen molar-refractivity contribution in [2.75, 3.05) is 18.1 Å². The maximum Gasteiger partial charge on any atom is 0.182 e. The van der Waals surface area contributed by atoms with Gasteiger partial charge in [0.1, 0.15) is 27.8 Å². The number of anilines is 2. The predicted octanol–water partition coefficient (Wildman–Crippen LogP) is 3.26. The van der Waals surface area contributed by atoms with Crippen LogP contribution in [-0.2, 0) is 0 Å². The number of nitrogens with one attached hydrogen (secondary N) is 1. The number of nitrogens with zero attached hydrogens (tertiary/aromatic N) is 2. The topological polar surface area (TPSA) is 63.8 Å². The summed E-state index contributed by atoms with van der Waals surface area (Å²) in [5.41, 5.74) is 6.99. The van der Waals surface area contributed by atoms with Crippen LogP contribution in [0.3, 0.4) is 0 Å². The quantitative estimate of drug-likeness (QED) is 0.761. The smallest absolute Gasteiger partial charge is 0.182 e. The van der Waals surface area contributed by atoms with Gasteiger partial charge in [-0.05, 0) is 18.2 Å². The number of aromatic nitrogens is 2. The molecule has 3 aromatic rings. The fourth-order valence-corrected chi connectivity index (χ4v) is 2.70. The van der Waals surface area contributed by atoms with Crippen LogP contribution in [0.15, 0.2) is 24.3 Å². The van der Waals surface area contributed by atoms with Crippen LogP contribution >= 0.6 is 11.3 Å². The van der Waals surface area contributed by atoms with Crippen molar-refractivity contribution in [2.45, 2.75) is 0 Å². The summed E-state index contributed by atoms with van der Waals surface area (Å²) in [6.07, 6.45) is 0. The van der Waals surface area contributed by atoms with E-state index in [1.165, 1.54) is 23.5 Å². The predicted molar refractivity (Wildman–Crippen MR) is 76.7 cm³/mol. The van der Waals surface area contributed by atoms with E-state index in [1.807, 2.05) is 0 Å². The largest absolute Gasteiger partial charge is 0.375 e. The standard InChI is InChI=1S/C13H10F2N4S/c1-17-10-5-8(7-3-2-6(14)4-9(7)15)11-12(18-10)20-13(16)19-11/h2-5H,1H3,(H2,16,19)(H,17,18). The van der Waals surface area contributed by atoms with Gasteiger partial charge in [0.2, 0.25) is 0 Å². The Morgan fingerprint density at radius 3 is 2.65 bits per heavy atom. The Hall–Kier alpha value is -2.28. The number of hydrogen-bond acceptors (Lipinski definition) is 5. The van der Waals surface area contributed by atoms with E-state index in [-0.39, 0.29) is 5.56 Å². The first-order valence-corrected chi connectivity index (χ1v) is 6.60. The lowest BCUT2D eigenvalue weighted by atomic mass is 10.1. The number of halogens is 2. The Kier molecular flexibility index (Phi) is 2.98. The summed E-state index contributed by atoms with van der Waals surface area (Å²) >= 11 is 1.22. The molecule has 0 aliphatic heterocycles. The van der Waals surface area contributed by atoms with Crippen molar-refractivity contribution < 1.29 is 8.78 Å². The van der Waals surface area contributed by atoms with Crippen molar-refractivity contribution in [1.29, 1.82) is 0 Å². The summed E-state index contributed by atoms with van der Waals surface area (Å²) in [5, 5.41) is 3.25. The fraction of sp³-hybridized carbons (Fsp3) is 0.0769. The summed E-state index contributed by atoms with van der Waals surface area (Å²) in [6.45, 7) is 0. The molecule has 0 aliphatic rings. The van der Waals surface area contributed by atoms with E-state index in [2.05, 4.69) is 15.3 Å². The van der Waals surface area contributed by atoms with Crippen LogP contribution in [0.2, 0.25) is 0 Å². The van der Waals surface area contributed by atoms with E-state index in [9.17, 15) is 8.78 Å². The molecule has 2 aromatic heterocycles. The number of fused-ring (bicyclic) bond motifs is 1. The normalized spacial score (nSPS) is 10.9. The molecular weight excluding hydrogens is 282 g/mol. The van der Waals surface area contributed by atoms with E-state index < -0.39 is 11.6 Å². The lowest BCUT2D eigenvalue weighted by Crippen LogP contribution is -1.95. The average Bonchev–Trinajstić information content (AvgIpc) is 2.78. The first-order chi connectivity index (χ1) is 9.58. The van der Waals surface area contributed by atoms with E-state index >= 15 is 0 Å². The van der Waals surface area contributed by atoms with E-state index in [0.29, 0.717) is 26.9 Å². The highest BCUT2D eigenvalue weighted by molar-refractivity contribution is 7.21. The zero-order chi connectivity index (χ0) is 14.3. The minimum atomic E-state index is -0.647. The monoisotopic (exact) mass is 292 g/mol. The number of hydrogen-bond donors (Lipinski definition) is 2. The maximum atomic E-state index is 14.0. The summed E-state index contributed by atoms with van der Waals surface area (Å²) in [5.74, 6) is -0.700. The van der Waals surface area contributed by atoms with Gasteiger partial charge in [0.25, 0.3) is 0 Å². The molecule has 1 aromatic carbocycles. The molecule has 4 nitrogen and oxygen atoms in total. The maximum absolute atomic E-state index is 14.0. The Morgan fingerprint density at radius 2 is 1.95 bits per heavy atom. The second-order valence-corrected chi connectivity index (χ2v) is 5.14. The van der Waals surface area contributed by atoms with Crippen molar-refractivity contribution >= 4 is 32.6 Å². The van der Waals surface area contributed by atoms with Crippen LogP contribution < -0.4 is 11.1 Å². The van der Waals surface area contributed by atoms with Gasteiger partial charge in [-0.3, -0.25) is 0 Å². The van der Waals surface area contributed by atoms with Gasteiger partial charge in [0.05, 0.1) is 0 Å². The Labute approximate surface area is 117 Å². The minimum absolute atomic E-state index is 0.264. The van der Waals surface area contributed by atoms with Crippen LogP contribution in [0.4, 0.5) is 19.7 Å². The first-order valence-electron chi connectivity index (χ1n) is 5.78. The molecule has 0 bridgehead atoms. The highest BCUT2D eigenvalue weighted by atomic mass is 32.1. The average molecular weight is 292 g/mol. The molecule has 0 radical (unpaired) electrons. The third-order valence-corrected chi connectivity index (χ3v) is 3.64. The van der Waals surface area contributed by atoms with Crippen LogP contribution in [-0.4, -0.2) is 17.0 Å². The molecule has 0 aliphatic carbocycles. The minimum Gasteiger partial charge on any atom is -0.375 e. The van der Waals surface area contributed by atoms with Gasteiger partial charge in [-0.15, -0.1) is 0 Å². The van der Waals surface area contributed by atoms with Gasteiger partial charge in [-0.25, -0.2) is 18.7 Å². The second-order valence-electron chi connectivity index (χ2n) is 4.14. The zero-order valence-electron chi connectivity index (χ0n) is 10.4. The van der Waals surface area contributed by atoms with Crippen molar-refractivity contribution in [2.24, 2.45) is 0 Å². The fourth-order valence-electron chi connectivity index (χ4n) is 1.97. The molecule has 0 amide bonds. The van der Waals surface area contributed by atoms with Gasteiger partial charge < -0.3 is 11.1 Å². The molecule has 0 atom stereocenters. The van der Waals surface area contributed by atoms with Crippen molar-refractivity contribution in [1.82, 2.24) is 9.97 Å². The van der Waals surface area contributed by atoms with Crippen molar-refractivity contribution in [3.8, 4) is 11.1 Å². The Morgan fingerprint density at radius 1 is 1.15 bits per heavy atom. The van der Waals surface area contributed by atoms with Crippen LogP contribution in [0.5, 0.6) is 0 Å². The number of thiazole rings is 1. The molecule has 3 rings (SSSR count). The molecule has 7 heteroatoms. The third-order valence-electron chi connectivity index (χ3n) is 2.86. The van der Waals surface area contributed by atoms with Crippen molar-refractivity contribution in [3.63, 3.8) is 0 Å². The summed E-state index contributed by atoms with van der Waals surface area (Å²) in [6, 6.07) is 5.10. The van der Waals surface area contributed by atoms with E-state index in [0.717, 1.165) is 6.07 Å². The molecule has 102 valence electrons. The van der Waals surface area contributed by atoms with Gasteiger partial charge in [-0.1, -0.05) is 11.3 Å². The molecule has 0 fully saturated rings. The number of benzene rings is 1. The SMILES string of the molecule is CNc1cc(-c2ccc(F)cc2F)c2nc(N)sc2n1. The van der Waals surface area contributed by atoms with Crippen molar-refractivity contribution in [3.05, 3.63) is 35.9 Å². The Bertz CT molecular complexity index is 800. The first kappa shape index (κ1) is 12.7. The van der Waals surface area contributed by atoms with Gasteiger partial charge >= 0.3 is 0 Å². The molecule has 0 saturated heterocycles. The van der Waals surface area contributed by atoms with Gasteiger partial charge in [-0.2, -0.15) is 0 Å². The number of nitrogen functional groups attached to an aromatic ring is 1. The molecule has 3 N–H and O–H groups in total.